The monoisotopic (exact) mass is 356 g/mol. The Morgan fingerprint density at radius 1 is 0.778 bits per heavy atom. The van der Waals surface area contributed by atoms with Crippen LogP contribution < -0.4 is 5.43 Å². The van der Waals surface area contributed by atoms with E-state index in [1.807, 2.05) is 72.8 Å². The van der Waals surface area contributed by atoms with Crippen LogP contribution in [0.2, 0.25) is 0 Å². The van der Waals surface area contributed by atoms with Gasteiger partial charge in [0.25, 0.3) is 5.91 Å². The molecule has 3 heteroatoms. The molecule has 0 fully saturated rings. The third-order valence-corrected chi connectivity index (χ3v) is 4.42. The van der Waals surface area contributed by atoms with Crippen molar-refractivity contribution in [3.8, 4) is 11.1 Å². The number of benzene rings is 3. The standard InChI is InChI=1S/C24H24N2O/c1-2-3-14-23(21-12-8-5-9-13-21)25-26-24(27)22-17-15-20(16-18-22)19-10-6-4-7-11-19/h4-13,15-18H,2-3,14H2,1H3,(H,26,27). The molecule has 0 aromatic heterocycles. The topological polar surface area (TPSA) is 41.5 Å². The molecule has 0 spiro atoms. The first-order valence-electron chi connectivity index (χ1n) is 9.35. The molecule has 0 aliphatic heterocycles. The molecule has 3 nitrogen and oxygen atoms in total. The maximum absolute atomic E-state index is 12.5. The third-order valence-electron chi connectivity index (χ3n) is 4.42. The number of carbonyl (C=O) groups is 1. The molecule has 136 valence electrons. The Bertz CT molecular complexity index is 885. The number of hydrazone groups is 1. The highest BCUT2D eigenvalue weighted by atomic mass is 16.2. The number of rotatable bonds is 7. The highest BCUT2D eigenvalue weighted by Crippen LogP contribution is 2.19. The van der Waals surface area contributed by atoms with Crippen molar-refractivity contribution in [1.29, 1.82) is 0 Å². The van der Waals surface area contributed by atoms with Crippen LogP contribution in [0.4, 0.5) is 0 Å². The SMILES string of the molecule is CCCCC(=NNC(=O)c1ccc(-c2ccccc2)cc1)c1ccccc1. The van der Waals surface area contributed by atoms with Crippen molar-refractivity contribution in [1.82, 2.24) is 5.43 Å². The summed E-state index contributed by atoms with van der Waals surface area (Å²) in [5, 5.41) is 4.41. The molecule has 0 heterocycles. The maximum atomic E-state index is 12.5. The van der Waals surface area contributed by atoms with Crippen molar-refractivity contribution in [2.24, 2.45) is 5.10 Å². The van der Waals surface area contributed by atoms with Gasteiger partial charge in [0.05, 0.1) is 5.71 Å². The van der Waals surface area contributed by atoms with Crippen LogP contribution in [0.15, 0.2) is 90.0 Å². The van der Waals surface area contributed by atoms with Gasteiger partial charge in [0.1, 0.15) is 0 Å². The highest BCUT2D eigenvalue weighted by Gasteiger charge is 2.07. The minimum absolute atomic E-state index is 0.195. The molecule has 3 rings (SSSR count). The van der Waals surface area contributed by atoms with E-state index in [0.29, 0.717) is 5.56 Å². The average Bonchev–Trinajstić information content (AvgIpc) is 2.75. The normalized spacial score (nSPS) is 11.2. The van der Waals surface area contributed by atoms with Gasteiger partial charge < -0.3 is 0 Å². The van der Waals surface area contributed by atoms with Gasteiger partial charge in [-0.1, -0.05) is 86.1 Å². The summed E-state index contributed by atoms with van der Waals surface area (Å²) in [6.45, 7) is 2.15. The predicted molar refractivity (Wildman–Crippen MR) is 112 cm³/mol. The van der Waals surface area contributed by atoms with E-state index >= 15 is 0 Å². The van der Waals surface area contributed by atoms with E-state index in [0.717, 1.165) is 41.7 Å². The quantitative estimate of drug-likeness (QED) is 0.429. The van der Waals surface area contributed by atoms with Gasteiger partial charge in [0.2, 0.25) is 0 Å². The summed E-state index contributed by atoms with van der Waals surface area (Å²) >= 11 is 0. The zero-order valence-electron chi connectivity index (χ0n) is 15.6. The van der Waals surface area contributed by atoms with Crippen LogP contribution in [0.5, 0.6) is 0 Å². The number of unbranched alkanes of at least 4 members (excludes halogenated alkanes) is 1. The van der Waals surface area contributed by atoms with Gasteiger partial charge in [-0.05, 0) is 41.7 Å². The lowest BCUT2D eigenvalue weighted by Gasteiger charge is -2.08. The fourth-order valence-electron chi connectivity index (χ4n) is 2.87. The molecule has 3 aromatic rings. The second-order valence-electron chi connectivity index (χ2n) is 6.41. The average molecular weight is 356 g/mol. The van der Waals surface area contributed by atoms with Crippen molar-refractivity contribution >= 4 is 11.6 Å². The molecule has 0 unspecified atom stereocenters. The van der Waals surface area contributed by atoms with Crippen LogP contribution in [-0.2, 0) is 0 Å². The van der Waals surface area contributed by atoms with Crippen LogP contribution in [0.3, 0.4) is 0 Å². The molecule has 0 atom stereocenters. The number of amides is 1. The zero-order chi connectivity index (χ0) is 18.9. The Morgan fingerprint density at radius 3 is 2.00 bits per heavy atom. The van der Waals surface area contributed by atoms with Gasteiger partial charge in [-0.15, -0.1) is 0 Å². The fraction of sp³-hybridized carbons (Fsp3) is 0.167. The van der Waals surface area contributed by atoms with Crippen LogP contribution in [-0.4, -0.2) is 11.6 Å². The van der Waals surface area contributed by atoms with Crippen molar-refractivity contribution in [3.63, 3.8) is 0 Å². The Morgan fingerprint density at radius 2 is 1.37 bits per heavy atom. The minimum Gasteiger partial charge on any atom is -0.267 e. The van der Waals surface area contributed by atoms with Crippen molar-refractivity contribution in [2.75, 3.05) is 0 Å². The molecule has 1 N–H and O–H groups in total. The number of nitrogens with one attached hydrogen (secondary N) is 1. The molecule has 0 aliphatic rings. The molecule has 0 saturated carbocycles. The second-order valence-corrected chi connectivity index (χ2v) is 6.41. The molecule has 0 bridgehead atoms. The number of hydrogen-bond donors (Lipinski definition) is 1. The first kappa shape index (κ1) is 18.6. The van der Waals surface area contributed by atoms with Gasteiger partial charge in [-0.3, -0.25) is 4.79 Å². The maximum Gasteiger partial charge on any atom is 0.271 e. The predicted octanol–water partition coefficient (Wildman–Crippen LogP) is 5.68. The number of carbonyl (C=O) groups excluding carboxylic acids is 1. The third kappa shape index (κ3) is 5.14. The van der Waals surface area contributed by atoms with Crippen LogP contribution in [0, 0.1) is 0 Å². The Labute approximate surface area is 160 Å². The summed E-state index contributed by atoms with van der Waals surface area (Å²) in [5.41, 5.74) is 7.49. The van der Waals surface area contributed by atoms with E-state index in [4.69, 9.17) is 0 Å². The van der Waals surface area contributed by atoms with Gasteiger partial charge in [-0.25, -0.2) is 5.43 Å². The summed E-state index contributed by atoms with van der Waals surface area (Å²) in [7, 11) is 0. The summed E-state index contributed by atoms with van der Waals surface area (Å²) in [5.74, 6) is -0.195. The Kier molecular flexibility index (Phi) is 6.53. The van der Waals surface area contributed by atoms with E-state index in [1.54, 1.807) is 0 Å². The lowest BCUT2D eigenvalue weighted by Crippen LogP contribution is -2.20. The number of hydrogen-bond acceptors (Lipinski definition) is 2. The summed E-state index contributed by atoms with van der Waals surface area (Å²) in [4.78, 5) is 12.5. The van der Waals surface area contributed by atoms with Crippen LogP contribution in [0.25, 0.3) is 11.1 Å². The lowest BCUT2D eigenvalue weighted by molar-refractivity contribution is 0.0955. The molecule has 3 aromatic carbocycles. The summed E-state index contributed by atoms with van der Waals surface area (Å²) in [6.07, 6.45) is 2.96. The van der Waals surface area contributed by atoms with Crippen molar-refractivity contribution in [2.45, 2.75) is 26.2 Å². The van der Waals surface area contributed by atoms with Gasteiger partial charge >= 0.3 is 0 Å². The van der Waals surface area contributed by atoms with Crippen molar-refractivity contribution < 1.29 is 4.79 Å². The Hall–Kier alpha value is -3.20. The molecule has 0 aliphatic carbocycles. The first-order chi connectivity index (χ1) is 13.3. The molecule has 0 radical (unpaired) electrons. The van der Waals surface area contributed by atoms with Crippen LogP contribution in [0.1, 0.15) is 42.1 Å². The van der Waals surface area contributed by atoms with Gasteiger partial charge in [0, 0.05) is 5.56 Å². The molecule has 1 amide bonds. The molecular weight excluding hydrogens is 332 g/mol. The van der Waals surface area contributed by atoms with E-state index in [2.05, 4.69) is 29.6 Å². The van der Waals surface area contributed by atoms with E-state index < -0.39 is 0 Å². The van der Waals surface area contributed by atoms with E-state index in [-0.39, 0.29) is 5.91 Å². The summed E-state index contributed by atoms with van der Waals surface area (Å²) in [6, 6.07) is 27.7. The van der Waals surface area contributed by atoms with Crippen LogP contribution >= 0.6 is 0 Å². The second kappa shape index (κ2) is 9.48. The molecule has 27 heavy (non-hydrogen) atoms. The summed E-state index contributed by atoms with van der Waals surface area (Å²) < 4.78 is 0. The minimum atomic E-state index is -0.195. The Balaban J connectivity index is 1.72. The largest absolute Gasteiger partial charge is 0.271 e. The van der Waals surface area contributed by atoms with Gasteiger partial charge in [-0.2, -0.15) is 5.10 Å². The highest BCUT2D eigenvalue weighted by molar-refractivity contribution is 6.02. The molecule has 0 saturated heterocycles. The smallest absolute Gasteiger partial charge is 0.267 e. The zero-order valence-corrected chi connectivity index (χ0v) is 15.6. The van der Waals surface area contributed by atoms with Crippen molar-refractivity contribution in [3.05, 3.63) is 96.1 Å². The fourth-order valence-corrected chi connectivity index (χ4v) is 2.87. The van der Waals surface area contributed by atoms with Gasteiger partial charge in [0.15, 0.2) is 0 Å². The first-order valence-corrected chi connectivity index (χ1v) is 9.35. The molecular formula is C24H24N2O. The number of nitrogens with zero attached hydrogens (tertiary/aromatic N) is 1. The van der Waals surface area contributed by atoms with E-state index in [9.17, 15) is 4.79 Å². The lowest BCUT2D eigenvalue weighted by atomic mass is 10.0. The van der Waals surface area contributed by atoms with E-state index in [1.165, 1.54) is 0 Å².